The molecule has 0 bridgehead atoms. The zero-order valence-corrected chi connectivity index (χ0v) is 8.20. The Kier molecular flexibility index (Phi) is 3.49. The van der Waals surface area contributed by atoms with Crippen molar-refractivity contribution >= 4 is 0 Å². The van der Waals surface area contributed by atoms with Gasteiger partial charge in [-0.25, -0.2) is 0 Å². The van der Waals surface area contributed by atoms with Crippen LogP contribution in [0.3, 0.4) is 0 Å². The van der Waals surface area contributed by atoms with Gasteiger partial charge in [0, 0.05) is 11.6 Å². The number of nitrogens with zero attached hydrogens (tertiary/aromatic N) is 1. The SMILES string of the molecule is CCC[C@@H](N)c1cc(C#N)ccc1O. The van der Waals surface area contributed by atoms with Crippen molar-refractivity contribution in [1.29, 1.82) is 5.26 Å². The Hall–Kier alpha value is -1.53. The van der Waals surface area contributed by atoms with Crippen molar-refractivity contribution < 1.29 is 5.11 Å². The van der Waals surface area contributed by atoms with E-state index in [1.54, 1.807) is 12.1 Å². The van der Waals surface area contributed by atoms with Crippen LogP contribution in [0.5, 0.6) is 5.75 Å². The average molecular weight is 190 g/mol. The molecule has 0 saturated heterocycles. The molecule has 3 N–H and O–H groups in total. The van der Waals surface area contributed by atoms with Crippen LogP contribution in [0.25, 0.3) is 0 Å². The number of nitrogens with two attached hydrogens (primary N) is 1. The lowest BCUT2D eigenvalue weighted by molar-refractivity contribution is 0.458. The quantitative estimate of drug-likeness (QED) is 0.766. The Balaban J connectivity index is 3.01. The van der Waals surface area contributed by atoms with Gasteiger partial charge in [-0.05, 0) is 24.6 Å². The molecular formula is C11H14N2O. The fraction of sp³-hybridized carbons (Fsp3) is 0.364. The monoisotopic (exact) mass is 190 g/mol. The topological polar surface area (TPSA) is 70.0 Å². The number of phenols is 1. The van der Waals surface area contributed by atoms with Crippen molar-refractivity contribution in [3.05, 3.63) is 29.3 Å². The summed E-state index contributed by atoms with van der Waals surface area (Å²) in [5.74, 6) is 0.171. The van der Waals surface area contributed by atoms with Crippen molar-refractivity contribution in [1.82, 2.24) is 0 Å². The highest BCUT2D eigenvalue weighted by Crippen LogP contribution is 2.26. The molecule has 74 valence electrons. The van der Waals surface area contributed by atoms with Gasteiger partial charge >= 0.3 is 0 Å². The van der Waals surface area contributed by atoms with E-state index in [0.29, 0.717) is 11.1 Å². The molecule has 1 rings (SSSR count). The summed E-state index contributed by atoms with van der Waals surface area (Å²) in [6.45, 7) is 2.03. The molecule has 0 spiro atoms. The van der Waals surface area contributed by atoms with Crippen LogP contribution in [0.1, 0.15) is 36.9 Å². The summed E-state index contributed by atoms with van der Waals surface area (Å²) in [6, 6.07) is 6.58. The van der Waals surface area contributed by atoms with E-state index in [1.165, 1.54) is 6.07 Å². The second-order valence-corrected chi connectivity index (χ2v) is 3.28. The molecule has 0 fully saturated rings. The molecular weight excluding hydrogens is 176 g/mol. The van der Waals surface area contributed by atoms with Crippen molar-refractivity contribution in [2.45, 2.75) is 25.8 Å². The Morgan fingerprint density at radius 2 is 2.29 bits per heavy atom. The minimum absolute atomic E-state index is 0.171. The van der Waals surface area contributed by atoms with Gasteiger partial charge in [0.05, 0.1) is 11.6 Å². The number of hydrogen-bond donors (Lipinski definition) is 2. The van der Waals surface area contributed by atoms with E-state index in [2.05, 4.69) is 0 Å². The standard InChI is InChI=1S/C11H14N2O/c1-2-3-10(13)9-6-8(7-12)4-5-11(9)14/h4-6,10,14H,2-3,13H2,1H3/t10-/m1/s1. The van der Waals surface area contributed by atoms with E-state index in [9.17, 15) is 5.11 Å². The zero-order valence-electron chi connectivity index (χ0n) is 8.20. The van der Waals surface area contributed by atoms with E-state index in [-0.39, 0.29) is 11.8 Å². The fourth-order valence-electron chi connectivity index (χ4n) is 1.39. The molecule has 0 aromatic heterocycles. The van der Waals surface area contributed by atoms with E-state index < -0.39 is 0 Å². The van der Waals surface area contributed by atoms with Crippen LogP contribution in [-0.4, -0.2) is 5.11 Å². The molecule has 0 radical (unpaired) electrons. The first-order valence-corrected chi connectivity index (χ1v) is 4.67. The van der Waals surface area contributed by atoms with Crippen molar-refractivity contribution in [3.8, 4) is 11.8 Å². The van der Waals surface area contributed by atoms with Crippen molar-refractivity contribution in [2.75, 3.05) is 0 Å². The molecule has 14 heavy (non-hydrogen) atoms. The minimum atomic E-state index is -0.187. The van der Waals surface area contributed by atoms with Gasteiger partial charge in [0.1, 0.15) is 5.75 Å². The van der Waals surface area contributed by atoms with Gasteiger partial charge in [0.25, 0.3) is 0 Å². The lowest BCUT2D eigenvalue weighted by Crippen LogP contribution is -2.10. The molecule has 0 aliphatic heterocycles. The molecule has 1 aromatic rings. The highest BCUT2D eigenvalue weighted by Gasteiger charge is 2.10. The summed E-state index contributed by atoms with van der Waals surface area (Å²) in [7, 11) is 0. The van der Waals surface area contributed by atoms with Crippen LogP contribution < -0.4 is 5.73 Å². The van der Waals surface area contributed by atoms with Gasteiger partial charge in [-0.3, -0.25) is 0 Å². The lowest BCUT2D eigenvalue weighted by Gasteiger charge is -2.12. The molecule has 0 amide bonds. The smallest absolute Gasteiger partial charge is 0.120 e. The molecule has 0 heterocycles. The first kappa shape index (κ1) is 10.6. The second-order valence-electron chi connectivity index (χ2n) is 3.28. The van der Waals surface area contributed by atoms with E-state index in [0.717, 1.165) is 12.8 Å². The maximum absolute atomic E-state index is 9.54. The fourth-order valence-corrected chi connectivity index (χ4v) is 1.39. The summed E-state index contributed by atoms with van der Waals surface area (Å²) >= 11 is 0. The highest BCUT2D eigenvalue weighted by molar-refractivity contribution is 5.42. The number of benzene rings is 1. The third-order valence-electron chi connectivity index (χ3n) is 2.16. The third kappa shape index (κ3) is 2.24. The molecule has 0 aliphatic rings. The molecule has 1 aromatic carbocycles. The van der Waals surface area contributed by atoms with E-state index in [1.807, 2.05) is 13.0 Å². The number of hydrogen-bond acceptors (Lipinski definition) is 3. The minimum Gasteiger partial charge on any atom is -0.508 e. The van der Waals surface area contributed by atoms with Crippen LogP contribution in [0.4, 0.5) is 0 Å². The molecule has 3 heteroatoms. The van der Waals surface area contributed by atoms with E-state index in [4.69, 9.17) is 11.0 Å². The van der Waals surface area contributed by atoms with Crippen LogP contribution >= 0.6 is 0 Å². The normalized spacial score (nSPS) is 12.1. The maximum Gasteiger partial charge on any atom is 0.120 e. The molecule has 0 aliphatic carbocycles. The summed E-state index contributed by atoms with van der Waals surface area (Å²) < 4.78 is 0. The van der Waals surface area contributed by atoms with Crippen LogP contribution in [0.15, 0.2) is 18.2 Å². The molecule has 3 nitrogen and oxygen atoms in total. The van der Waals surface area contributed by atoms with E-state index >= 15 is 0 Å². The number of phenolic OH excluding ortho intramolecular Hbond substituents is 1. The summed E-state index contributed by atoms with van der Waals surface area (Å²) in [5, 5.41) is 18.2. The van der Waals surface area contributed by atoms with Crippen molar-refractivity contribution in [3.63, 3.8) is 0 Å². The van der Waals surface area contributed by atoms with Crippen molar-refractivity contribution in [2.24, 2.45) is 5.73 Å². The predicted octanol–water partition coefficient (Wildman–Crippen LogP) is 2.06. The Morgan fingerprint density at radius 1 is 1.57 bits per heavy atom. The van der Waals surface area contributed by atoms with Crippen LogP contribution in [-0.2, 0) is 0 Å². The Labute approximate surface area is 83.8 Å². The molecule has 1 atom stereocenters. The third-order valence-corrected chi connectivity index (χ3v) is 2.16. The summed E-state index contributed by atoms with van der Waals surface area (Å²) in [5.41, 5.74) is 7.05. The first-order valence-electron chi connectivity index (χ1n) is 4.67. The second kappa shape index (κ2) is 4.64. The van der Waals surface area contributed by atoms with Crippen LogP contribution in [0, 0.1) is 11.3 Å². The number of rotatable bonds is 3. The van der Waals surface area contributed by atoms with Gasteiger partial charge in [0.15, 0.2) is 0 Å². The average Bonchev–Trinajstić information content (AvgIpc) is 2.19. The first-order chi connectivity index (χ1) is 6.69. The lowest BCUT2D eigenvalue weighted by atomic mass is 10.0. The summed E-state index contributed by atoms with van der Waals surface area (Å²) in [4.78, 5) is 0. The Bertz CT molecular complexity index is 355. The van der Waals surface area contributed by atoms with Gasteiger partial charge < -0.3 is 10.8 Å². The predicted molar refractivity (Wildman–Crippen MR) is 54.7 cm³/mol. The van der Waals surface area contributed by atoms with Crippen LogP contribution in [0.2, 0.25) is 0 Å². The van der Waals surface area contributed by atoms with Gasteiger partial charge in [-0.15, -0.1) is 0 Å². The Morgan fingerprint density at radius 3 is 2.86 bits per heavy atom. The number of nitriles is 1. The van der Waals surface area contributed by atoms with Gasteiger partial charge in [-0.1, -0.05) is 13.3 Å². The number of aromatic hydroxyl groups is 1. The van der Waals surface area contributed by atoms with Gasteiger partial charge in [0.2, 0.25) is 0 Å². The zero-order chi connectivity index (χ0) is 10.6. The summed E-state index contributed by atoms with van der Waals surface area (Å²) in [6.07, 6.45) is 1.76. The molecule has 0 unspecified atom stereocenters. The highest BCUT2D eigenvalue weighted by atomic mass is 16.3. The largest absolute Gasteiger partial charge is 0.508 e. The van der Waals surface area contributed by atoms with Gasteiger partial charge in [-0.2, -0.15) is 5.26 Å². The molecule has 0 saturated carbocycles. The maximum atomic E-state index is 9.54.